The summed E-state index contributed by atoms with van der Waals surface area (Å²) in [6, 6.07) is 7.55. The molecule has 2 aromatic rings. The van der Waals surface area contributed by atoms with Crippen LogP contribution in [-0.2, 0) is 9.53 Å². The molecule has 2 rings (SSSR count). The van der Waals surface area contributed by atoms with Gasteiger partial charge in [0.2, 0.25) is 5.91 Å². The maximum Gasteiger partial charge on any atom is 0.414 e. The molecular formula is C20H23ClN2O4S2. The van der Waals surface area contributed by atoms with Gasteiger partial charge >= 0.3 is 6.09 Å². The Morgan fingerprint density at radius 2 is 1.86 bits per heavy atom. The fourth-order valence-corrected chi connectivity index (χ4v) is 4.51. The number of anilines is 1. The second-order valence-electron chi connectivity index (χ2n) is 6.12. The van der Waals surface area contributed by atoms with E-state index in [4.69, 9.17) is 16.3 Å². The first-order valence-corrected chi connectivity index (χ1v) is 11.3. The summed E-state index contributed by atoms with van der Waals surface area (Å²) in [4.78, 5) is 38.3. The second-order valence-corrected chi connectivity index (χ2v) is 8.95. The number of ether oxygens (including phenoxy) is 1. The summed E-state index contributed by atoms with van der Waals surface area (Å²) in [5.41, 5.74) is 1.02. The molecular weight excluding hydrogens is 432 g/mol. The number of hydrogen-bond donors (Lipinski definition) is 2. The Balaban J connectivity index is 1.90. The number of rotatable bonds is 8. The standard InChI is InChI=1S/C20H23ClN2O4S2/c1-4-27-20(26)23-18(25)17-12(2)13(3)29-19(17)22-16(24)6-5-11-28-15-9-7-14(21)8-10-15/h7-10H,4-6,11H2,1-3H3,(H,22,24)(H,23,25,26). The molecule has 0 aliphatic carbocycles. The lowest BCUT2D eigenvalue weighted by molar-refractivity contribution is -0.116. The topological polar surface area (TPSA) is 84.5 Å². The predicted molar refractivity (Wildman–Crippen MR) is 118 cm³/mol. The number of benzene rings is 1. The van der Waals surface area contributed by atoms with Gasteiger partial charge in [-0.05, 0) is 62.8 Å². The molecule has 0 spiro atoms. The number of carbonyl (C=O) groups is 3. The minimum absolute atomic E-state index is 0.165. The number of alkyl carbamates (subject to hydrolysis) is 1. The van der Waals surface area contributed by atoms with E-state index >= 15 is 0 Å². The second kappa shape index (κ2) is 11.2. The first-order valence-electron chi connectivity index (χ1n) is 9.08. The van der Waals surface area contributed by atoms with Crippen LogP contribution in [0.5, 0.6) is 0 Å². The van der Waals surface area contributed by atoms with Crippen molar-refractivity contribution in [3.8, 4) is 0 Å². The summed E-state index contributed by atoms with van der Waals surface area (Å²) in [6.07, 6.45) is 0.208. The zero-order valence-corrected chi connectivity index (χ0v) is 18.9. The van der Waals surface area contributed by atoms with Crippen LogP contribution in [-0.4, -0.2) is 30.3 Å². The summed E-state index contributed by atoms with van der Waals surface area (Å²) in [5, 5.41) is 6.12. The van der Waals surface area contributed by atoms with Crippen LogP contribution < -0.4 is 10.6 Å². The van der Waals surface area contributed by atoms with Gasteiger partial charge in [-0.15, -0.1) is 23.1 Å². The molecule has 29 heavy (non-hydrogen) atoms. The fraction of sp³-hybridized carbons (Fsp3) is 0.350. The average molecular weight is 455 g/mol. The van der Waals surface area contributed by atoms with E-state index < -0.39 is 12.0 Å². The Labute approximate surface area is 183 Å². The summed E-state index contributed by atoms with van der Waals surface area (Å²) in [6.45, 7) is 5.46. The highest BCUT2D eigenvalue weighted by atomic mass is 35.5. The third-order valence-corrected chi connectivity index (χ3v) is 6.46. The first kappa shape index (κ1) is 23.3. The predicted octanol–water partition coefficient (Wildman–Crippen LogP) is 5.42. The van der Waals surface area contributed by atoms with Crippen LogP contribution in [0.4, 0.5) is 9.80 Å². The molecule has 9 heteroatoms. The highest BCUT2D eigenvalue weighted by Crippen LogP contribution is 2.32. The Hall–Kier alpha value is -2.03. The van der Waals surface area contributed by atoms with E-state index in [1.807, 2.05) is 31.2 Å². The number of carbonyl (C=O) groups excluding carboxylic acids is 3. The maximum absolute atomic E-state index is 12.4. The molecule has 0 saturated carbocycles. The number of halogens is 1. The molecule has 0 aliphatic heterocycles. The Bertz CT molecular complexity index is 881. The van der Waals surface area contributed by atoms with Crippen LogP contribution in [0, 0.1) is 13.8 Å². The number of thioether (sulfide) groups is 1. The third-order valence-electron chi connectivity index (χ3n) is 3.99. The molecule has 0 radical (unpaired) electrons. The molecule has 6 nitrogen and oxygen atoms in total. The lowest BCUT2D eigenvalue weighted by Crippen LogP contribution is -2.31. The van der Waals surface area contributed by atoms with E-state index in [1.165, 1.54) is 11.3 Å². The summed E-state index contributed by atoms with van der Waals surface area (Å²) >= 11 is 8.83. The SMILES string of the molecule is CCOC(=O)NC(=O)c1c(NC(=O)CCCSc2ccc(Cl)cc2)sc(C)c1C. The highest BCUT2D eigenvalue weighted by Gasteiger charge is 2.22. The van der Waals surface area contributed by atoms with Crippen molar-refractivity contribution in [3.63, 3.8) is 0 Å². The summed E-state index contributed by atoms with van der Waals surface area (Å²) in [7, 11) is 0. The van der Waals surface area contributed by atoms with Crippen LogP contribution in [0.2, 0.25) is 5.02 Å². The van der Waals surface area contributed by atoms with Gasteiger partial charge in [0.15, 0.2) is 0 Å². The molecule has 0 saturated heterocycles. The molecule has 3 amide bonds. The van der Waals surface area contributed by atoms with Gasteiger partial charge in [-0.1, -0.05) is 11.6 Å². The van der Waals surface area contributed by atoms with Crippen molar-refractivity contribution >= 4 is 57.6 Å². The maximum atomic E-state index is 12.4. The minimum atomic E-state index is -0.808. The van der Waals surface area contributed by atoms with Gasteiger partial charge in [-0.25, -0.2) is 4.79 Å². The number of nitrogens with one attached hydrogen (secondary N) is 2. The molecule has 0 atom stereocenters. The van der Waals surface area contributed by atoms with Crippen molar-refractivity contribution in [2.24, 2.45) is 0 Å². The molecule has 1 aromatic carbocycles. The number of aryl methyl sites for hydroxylation is 1. The van der Waals surface area contributed by atoms with Gasteiger partial charge in [0, 0.05) is 21.2 Å². The summed E-state index contributed by atoms with van der Waals surface area (Å²) < 4.78 is 4.75. The van der Waals surface area contributed by atoms with Gasteiger partial charge in [-0.2, -0.15) is 0 Å². The van der Waals surface area contributed by atoms with Crippen molar-refractivity contribution in [1.82, 2.24) is 5.32 Å². The van der Waals surface area contributed by atoms with Crippen LogP contribution >= 0.6 is 34.7 Å². The van der Waals surface area contributed by atoms with E-state index in [1.54, 1.807) is 25.6 Å². The fourth-order valence-electron chi connectivity index (χ4n) is 2.45. The molecule has 0 fully saturated rings. The third kappa shape index (κ3) is 7.06. The van der Waals surface area contributed by atoms with Gasteiger partial charge < -0.3 is 10.1 Å². The van der Waals surface area contributed by atoms with Gasteiger partial charge in [-0.3, -0.25) is 14.9 Å². The Morgan fingerprint density at radius 1 is 1.17 bits per heavy atom. The lowest BCUT2D eigenvalue weighted by Gasteiger charge is -2.08. The molecule has 0 bridgehead atoms. The molecule has 156 valence electrons. The van der Waals surface area contributed by atoms with E-state index in [9.17, 15) is 14.4 Å². The average Bonchev–Trinajstić information content (AvgIpc) is 2.94. The van der Waals surface area contributed by atoms with Crippen LogP contribution in [0.3, 0.4) is 0 Å². The van der Waals surface area contributed by atoms with E-state index in [0.717, 1.165) is 21.1 Å². The molecule has 0 aliphatic rings. The number of amides is 3. The number of imide groups is 1. The van der Waals surface area contributed by atoms with Crippen LogP contribution in [0.15, 0.2) is 29.2 Å². The van der Waals surface area contributed by atoms with Crippen LogP contribution in [0.1, 0.15) is 40.6 Å². The van der Waals surface area contributed by atoms with Crippen molar-refractivity contribution in [3.05, 3.63) is 45.3 Å². The molecule has 1 heterocycles. The Kier molecular flexibility index (Phi) is 9.00. The van der Waals surface area contributed by atoms with E-state index in [0.29, 0.717) is 28.4 Å². The monoisotopic (exact) mass is 454 g/mol. The number of thiophene rings is 1. The van der Waals surface area contributed by atoms with E-state index in [2.05, 4.69) is 10.6 Å². The highest BCUT2D eigenvalue weighted by molar-refractivity contribution is 7.99. The minimum Gasteiger partial charge on any atom is -0.450 e. The zero-order chi connectivity index (χ0) is 21.4. The molecule has 2 N–H and O–H groups in total. The van der Waals surface area contributed by atoms with Gasteiger partial charge in [0.25, 0.3) is 5.91 Å². The zero-order valence-electron chi connectivity index (χ0n) is 16.5. The Morgan fingerprint density at radius 3 is 2.52 bits per heavy atom. The van der Waals surface area contributed by atoms with Gasteiger partial charge in [0.05, 0.1) is 12.2 Å². The molecule has 1 aromatic heterocycles. The summed E-state index contributed by atoms with van der Waals surface area (Å²) in [5.74, 6) is 0.0281. The van der Waals surface area contributed by atoms with Crippen molar-refractivity contribution in [2.45, 2.75) is 38.5 Å². The number of hydrogen-bond acceptors (Lipinski definition) is 6. The van der Waals surface area contributed by atoms with Crippen molar-refractivity contribution < 1.29 is 19.1 Å². The van der Waals surface area contributed by atoms with Crippen molar-refractivity contribution in [1.29, 1.82) is 0 Å². The van der Waals surface area contributed by atoms with Crippen LogP contribution in [0.25, 0.3) is 0 Å². The molecule has 0 unspecified atom stereocenters. The van der Waals surface area contributed by atoms with E-state index in [-0.39, 0.29) is 12.5 Å². The first-order chi connectivity index (χ1) is 13.8. The quantitative estimate of drug-likeness (QED) is 0.411. The lowest BCUT2D eigenvalue weighted by atomic mass is 10.1. The van der Waals surface area contributed by atoms with Crippen molar-refractivity contribution in [2.75, 3.05) is 17.7 Å². The largest absolute Gasteiger partial charge is 0.450 e. The smallest absolute Gasteiger partial charge is 0.414 e. The normalized spacial score (nSPS) is 10.5. The van der Waals surface area contributed by atoms with Gasteiger partial charge in [0.1, 0.15) is 5.00 Å².